The zero-order valence-corrected chi connectivity index (χ0v) is 16.6. The summed E-state index contributed by atoms with van der Waals surface area (Å²) in [6.45, 7) is 14.4. The molecule has 4 heterocycles. The summed E-state index contributed by atoms with van der Waals surface area (Å²) in [6.07, 6.45) is 1.84. The predicted molar refractivity (Wildman–Crippen MR) is 106 cm³/mol. The Morgan fingerprint density at radius 1 is 1.12 bits per heavy atom. The molecule has 1 aromatic carbocycles. The van der Waals surface area contributed by atoms with Gasteiger partial charge in [-0.2, -0.15) is 0 Å². The molecule has 2 aliphatic rings. The van der Waals surface area contributed by atoms with Gasteiger partial charge in [-0.3, -0.25) is 0 Å². The predicted octanol–water partition coefficient (Wildman–Crippen LogP) is 6.74. The van der Waals surface area contributed by atoms with Crippen LogP contribution in [0.3, 0.4) is 0 Å². The zero-order valence-electron chi connectivity index (χ0n) is 15.8. The average Bonchev–Trinajstić information content (AvgIpc) is 3.18. The summed E-state index contributed by atoms with van der Waals surface area (Å²) in [4.78, 5) is 5.27. The fourth-order valence-electron chi connectivity index (χ4n) is 5.17. The average molecular weight is 352 g/mol. The Hall–Kier alpha value is -1.74. The molecule has 3 heteroatoms. The molecule has 0 spiro atoms. The van der Waals surface area contributed by atoms with Gasteiger partial charge in [0.2, 0.25) is 0 Å². The van der Waals surface area contributed by atoms with Gasteiger partial charge in [-0.25, -0.2) is 0 Å². The lowest BCUT2D eigenvalue weighted by molar-refractivity contribution is 0.135. The monoisotopic (exact) mass is 351 g/mol. The number of furan rings is 1. The molecular weight excluding hydrogens is 326 g/mol. The van der Waals surface area contributed by atoms with Crippen LogP contribution in [-0.4, -0.2) is 0 Å². The van der Waals surface area contributed by atoms with E-state index in [1.165, 1.54) is 32.6 Å². The molecule has 0 aliphatic carbocycles. The maximum absolute atomic E-state index is 5.76. The second kappa shape index (κ2) is 4.50. The summed E-state index contributed by atoms with van der Waals surface area (Å²) in [5, 5.41) is 1.32. The molecule has 1 unspecified atom stereocenters. The van der Waals surface area contributed by atoms with E-state index in [-0.39, 0.29) is 10.8 Å². The molecule has 2 aliphatic heterocycles. The van der Waals surface area contributed by atoms with Crippen molar-refractivity contribution in [2.45, 2.75) is 59.0 Å². The van der Waals surface area contributed by atoms with Crippen molar-refractivity contribution in [1.29, 1.82) is 0 Å². The summed E-state index contributed by atoms with van der Waals surface area (Å²) in [6, 6.07) is 9.76. The van der Waals surface area contributed by atoms with Gasteiger partial charge in [0.15, 0.2) is 4.90 Å². The van der Waals surface area contributed by atoms with Gasteiger partial charge in [0, 0.05) is 21.5 Å². The van der Waals surface area contributed by atoms with E-state index in [1.807, 2.05) is 17.6 Å². The van der Waals surface area contributed by atoms with Crippen LogP contribution >= 0.6 is 11.3 Å². The van der Waals surface area contributed by atoms with Gasteiger partial charge < -0.3 is 9.32 Å². The third-order valence-corrected chi connectivity index (χ3v) is 8.48. The van der Waals surface area contributed by atoms with Gasteiger partial charge in [0.25, 0.3) is 0 Å². The summed E-state index contributed by atoms with van der Waals surface area (Å²) in [5.41, 5.74) is 6.03. The highest BCUT2D eigenvalue weighted by atomic mass is 32.1. The first-order valence-corrected chi connectivity index (χ1v) is 9.96. The fraction of sp³-hybridized carbons (Fsp3) is 0.455. The van der Waals surface area contributed by atoms with Crippen LogP contribution in [0.1, 0.15) is 68.3 Å². The summed E-state index contributed by atoms with van der Waals surface area (Å²) >= 11 is 1.84. The minimum absolute atomic E-state index is 0.0921. The van der Waals surface area contributed by atoms with E-state index in [9.17, 15) is 0 Å². The number of benzene rings is 1. The molecule has 130 valence electrons. The Morgan fingerprint density at radius 3 is 2.64 bits per heavy atom. The quantitative estimate of drug-likeness (QED) is 0.446. The van der Waals surface area contributed by atoms with E-state index in [0.29, 0.717) is 12.1 Å². The number of hydrogen-bond donors (Lipinski definition) is 0. The lowest BCUT2D eigenvalue weighted by Crippen LogP contribution is -2.51. The Labute approximate surface area is 153 Å². The van der Waals surface area contributed by atoms with Crippen molar-refractivity contribution in [1.82, 2.24) is 0 Å². The van der Waals surface area contributed by atoms with E-state index in [2.05, 4.69) is 70.7 Å². The number of nitrogens with zero attached hydrogens (tertiary/aromatic N) is 1. The smallest absolute Gasteiger partial charge is 0.188 e. The molecule has 0 saturated carbocycles. The van der Waals surface area contributed by atoms with E-state index in [4.69, 9.17) is 4.42 Å². The summed E-state index contributed by atoms with van der Waals surface area (Å²) < 4.78 is 5.76. The van der Waals surface area contributed by atoms with Crippen molar-refractivity contribution in [3.05, 3.63) is 52.1 Å². The molecule has 3 aromatic rings. The van der Waals surface area contributed by atoms with Crippen molar-refractivity contribution in [3.8, 4) is 0 Å². The van der Waals surface area contributed by atoms with Gasteiger partial charge in [0.05, 0.1) is 18.3 Å². The zero-order chi connectivity index (χ0) is 17.7. The lowest BCUT2D eigenvalue weighted by atomic mass is 9.56. The van der Waals surface area contributed by atoms with Crippen LogP contribution in [0.4, 0.5) is 5.69 Å². The Morgan fingerprint density at radius 2 is 1.88 bits per heavy atom. The highest BCUT2D eigenvalue weighted by Crippen LogP contribution is 2.66. The first kappa shape index (κ1) is 15.5. The Bertz CT molecular complexity index is 1010. The summed E-state index contributed by atoms with van der Waals surface area (Å²) in [7, 11) is 0. The number of fused-ring (bicyclic) bond motifs is 7. The van der Waals surface area contributed by atoms with Gasteiger partial charge in [-0.15, -0.1) is 11.3 Å². The third-order valence-electron chi connectivity index (χ3n) is 7.20. The molecule has 0 saturated heterocycles. The van der Waals surface area contributed by atoms with E-state index >= 15 is 0 Å². The van der Waals surface area contributed by atoms with E-state index in [0.717, 1.165) is 4.90 Å². The van der Waals surface area contributed by atoms with Gasteiger partial charge in [-0.05, 0) is 41.9 Å². The second-order valence-corrected chi connectivity index (χ2v) is 9.82. The van der Waals surface area contributed by atoms with Gasteiger partial charge in [0.1, 0.15) is 0 Å². The third kappa shape index (κ3) is 1.61. The van der Waals surface area contributed by atoms with Gasteiger partial charge >= 0.3 is 0 Å². The maximum atomic E-state index is 5.76. The van der Waals surface area contributed by atoms with Crippen molar-refractivity contribution in [2.24, 2.45) is 5.41 Å². The van der Waals surface area contributed by atoms with E-state index < -0.39 is 0 Å². The van der Waals surface area contributed by atoms with Crippen molar-refractivity contribution in [3.63, 3.8) is 0 Å². The topological polar surface area (TPSA) is 16.4 Å². The molecule has 0 fully saturated rings. The molecule has 2 atom stereocenters. The Balaban J connectivity index is 1.89. The normalized spacial score (nSPS) is 25.8. The number of anilines is 1. The molecule has 25 heavy (non-hydrogen) atoms. The first-order valence-electron chi connectivity index (χ1n) is 9.15. The fourth-order valence-corrected chi connectivity index (χ4v) is 6.38. The number of para-hydroxylation sites is 1. The number of hydrogen-bond acceptors (Lipinski definition) is 3. The van der Waals surface area contributed by atoms with Crippen LogP contribution in [0.15, 0.2) is 34.9 Å². The first-order chi connectivity index (χ1) is 11.8. The Kier molecular flexibility index (Phi) is 2.79. The maximum Gasteiger partial charge on any atom is 0.188 e. The molecule has 0 bridgehead atoms. The molecule has 5 rings (SSSR count). The molecule has 2 aromatic heterocycles. The molecule has 2 nitrogen and oxygen atoms in total. The lowest BCUT2D eigenvalue weighted by Gasteiger charge is -2.56. The second-order valence-electron chi connectivity index (χ2n) is 8.81. The van der Waals surface area contributed by atoms with Crippen LogP contribution in [0.5, 0.6) is 0 Å². The van der Waals surface area contributed by atoms with Gasteiger partial charge in [-0.1, -0.05) is 45.9 Å². The van der Waals surface area contributed by atoms with Crippen LogP contribution < -0.4 is 4.90 Å². The van der Waals surface area contributed by atoms with Crippen molar-refractivity contribution in [2.75, 3.05) is 4.90 Å². The number of rotatable bonds is 0. The molecule has 0 radical (unpaired) electrons. The SMILES string of the molecule is Cc1cccc2c1N1C(c3c(sc4occc34)[C@@H]1C)C(C)(C)C2(C)C. The minimum atomic E-state index is 0.0921. The van der Waals surface area contributed by atoms with Crippen LogP contribution in [0.2, 0.25) is 0 Å². The number of thiophene rings is 1. The molecular formula is C22H25NOS. The van der Waals surface area contributed by atoms with E-state index in [1.54, 1.807) is 0 Å². The summed E-state index contributed by atoms with van der Waals surface area (Å²) in [5.74, 6) is 0. The van der Waals surface area contributed by atoms with Crippen molar-refractivity contribution < 1.29 is 4.42 Å². The standard InChI is InChI=1S/C22H25NOS/c1-12-8-7-9-15-17(12)23-13(2)18-16(14-10-11-24-20(14)25-18)19(23)22(5,6)21(15,3)4/h7-11,13,19H,1-6H3/t13-,19?/m0/s1. The molecule has 0 N–H and O–H groups in total. The van der Waals surface area contributed by atoms with Crippen LogP contribution in [-0.2, 0) is 5.41 Å². The highest BCUT2D eigenvalue weighted by molar-refractivity contribution is 7.18. The molecule has 0 amide bonds. The van der Waals surface area contributed by atoms with Crippen molar-refractivity contribution >= 4 is 27.3 Å². The van der Waals surface area contributed by atoms with Crippen LogP contribution in [0.25, 0.3) is 10.3 Å². The highest BCUT2D eigenvalue weighted by Gasteiger charge is 2.57. The largest absolute Gasteiger partial charge is 0.454 e. The van der Waals surface area contributed by atoms with Crippen LogP contribution in [0, 0.1) is 12.3 Å². The number of aryl methyl sites for hydroxylation is 1. The minimum Gasteiger partial charge on any atom is -0.454 e.